The summed E-state index contributed by atoms with van der Waals surface area (Å²) in [7, 11) is 0. The van der Waals surface area contributed by atoms with Gasteiger partial charge in [-0.05, 0) is 35.9 Å². The predicted molar refractivity (Wildman–Crippen MR) is 128 cm³/mol. The third kappa shape index (κ3) is 5.24. The Morgan fingerprint density at radius 3 is 2.48 bits per heavy atom. The highest BCUT2D eigenvalue weighted by Crippen LogP contribution is 2.21. The van der Waals surface area contributed by atoms with Gasteiger partial charge in [0.1, 0.15) is 11.5 Å². The van der Waals surface area contributed by atoms with E-state index in [1.807, 2.05) is 18.2 Å². The highest BCUT2D eigenvalue weighted by Gasteiger charge is 2.16. The van der Waals surface area contributed by atoms with Crippen LogP contribution in [0.3, 0.4) is 0 Å². The number of rotatable bonds is 7. The van der Waals surface area contributed by atoms with Crippen molar-refractivity contribution in [3.63, 3.8) is 0 Å². The van der Waals surface area contributed by atoms with Crippen LogP contribution < -0.4 is 10.9 Å². The Hall–Kier alpha value is -3.22. The van der Waals surface area contributed by atoms with Crippen molar-refractivity contribution in [2.45, 2.75) is 25.9 Å². The van der Waals surface area contributed by atoms with Crippen molar-refractivity contribution in [1.29, 1.82) is 0 Å². The van der Waals surface area contributed by atoms with Crippen molar-refractivity contribution in [2.24, 2.45) is 0 Å². The molecule has 1 N–H and O–H groups in total. The molecule has 0 saturated heterocycles. The lowest BCUT2D eigenvalue weighted by molar-refractivity contribution is -0.121. The van der Waals surface area contributed by atoms with Crippen molar-refractivity contribution in [3.8, 4) is 0 Å². The summed E-state index contributed by atoms with van der Waals surface area (Å²) in [5.41, 5.74) is 2.02. The van der Waals surface area contributed by atoms with Crippen LogP contribution in [0.5, 0.6) is 0 Å². The molecular weight excluding hydrogens is 464 g/mol. The van der Waals surface area contributed by atoms with Gasteiger partial charge in [-0.2, -0.15) is 0 Å². The van der Waals surface area contributed by atoms with Gasteiger partial charge in [-0.1, -0.05) is 59.6 Å². The average molecular weight is 484 g/mol. The summed E-state index contributed by atoms with van der Waals surface area (Å²) in [5.74, 6) is -0.719. The molecule has 1 heterocycles. The molecule has 0 unspecified atom stereocenters. The number of benzene rings is 3. The van der Waals surface area contributed by atoms with Gasteiger partial charge in [0.2, 0.25) is 5.91 Å². The minimum absolute atomic E-state index is 0.0426. The smallest absolute Gasteiger partial charge is 0.273 e. The van der Waals surface area contributed by atoms with E-state index in [9.17, 15) is 14.0 Å². The lowest BCUT2D eigenvalue weighted by Crippen LogP contribution is -2.29. The first-order valence-electron chi connectivity index (χ1n) is 10.4. The fourth-order valence-corrected chi connectivity index (χ4v) is 3.99. The second kappa shape index (κ2) is 10.1. The Morgan fingerprint density at radius 2 is 1.70 bits per heavy atom. The monoisotopic (exact) mass is 483 g/mol. The molecule has 0 atom stereocenters. The largest absolute Gasteiger partial charge is 0.352 e. The van der Waals surface area contributed by atoms with E-state index in [0.29, 0.717) is 22.6 Å². The Balaban J connectivity index is 1.57. The normalized spacial score (nSPS) is 11.0. The predicted octanol–water partition coefficient (Wildman–Crippen LogP) is 5.14. The van der Waals surface area contributed by atoms with E-state index < -0.39 is 5.82 Å². The van der Waals surface area contributed by atoms with Crippen molar-refractivity contribution in [2.75, 3.05) is 0 Å². The Bertz CT molecular complexity index is 1370. The molecule has 0 radical (unpaired) electrons. The van der Waals surface area contributed by atoms with Gasteiger partial charge in [0.05, 0.1) is 17.6 Å². The van der Waals surface area contributed by atoms with E-state index in [0.717, 1.165) is 5.56 Å². The number of carbonyl (C=O) groups is 1. The summed E-state index contributed by atoms with van der Waals surface area (Å²) in [5, 5.41) is 3.62. The quantitative estimate of drug-likeness (QED) is 0.395. The zero-order valence-corrected chi connectivity index (χ0v) is 19.0. The maximum absolute atomic E-state index is 14.4. The van der Waals surface area contributed by atoms with Gasteiger partial charge < -0.3 is 9.88 Å². The number of halogens is 3. The number of aryl methyl sites for hydroxylation is 1. The SMILES string of the molecule is O=C(CCc1nc2ccccc2n(Cc2c(F)cccc2Cl)c1=O)NCc1ccccc1Cl. The lowest BCUT2D eigenvalue weighted by atomic mass is 10.1. The zero-order chi connectivity index (χ0) is 23.4. The summed E-state index contributed by atoms with van der Waals surface area (Å²) in [6.07, 6.45) is 0.217. The van der Waals surface area contributed by atoms with Crippen LogP contribution in [0.4, 0.5) is 4.39 Å². The molecule has 0 saturated carbocycles. The van der Waals surface area contributed by atoms with E-state index in [1.54, 1.807) is 36.4 Å². The average Bonchev–Trinajstić information content (AvgIpc) is 2.81. The number of aromatic nitrogens is 2. The highest BCUT2D eigenvalue weighted by atomic mass is 35.5. The minimum Gasteiger partial charge on any atom is -0.352 e. The van der Waals surface area contributed by atoms with Crippen molar-refractivity contribution < 1.29 is 9.18 Å². The van der Waals surface area contributed by atoms with Crippen molar-refractivity contribution in [3.05, 3.63) is 110 Å². The molecule has 4 aromatic rings. The maximum Gasteiger partial charge on any atom is 0.273 e. The summed E-state index contributed by atoms with van der Waals surface area (Å²) in [6.45, 7) is 0.249. The van der Waals surface area contributed by atoms with Crippen LogP contribution in [-0.4, -0.2) is 15.5 Å². The summed E-state index contributed by atoms with van der Waals surface area (Å²) >= 11 is 12.3. The van der Waals surface area contributed by atoms with Gasteiger partial charge >= 0.3 is 0 Å². The molecule has 1 aromatic heterocycles. The number of amides is 1. The third-order valence-electron chi connectivity index (χ3n) is 5.32. The molecule has 1 amide bonds. The fourth-order valence-electron chi connectivity index (χ4n) is 3.56. The fraction of sp³-hybridized carbons (Fsp3) is 0.160. The van der Waals surface area contributed by atoms with E-state index >= 15 is 0 Å². The lowest BCUT2D eigenvalue weighted by Gasteiger charge is -2.14. The van der Waals surface area contributed by atoms with Crippen LogP contribution in [0.2, 0.25) is 10.0 Å². The molecule has 0 spiro atoms. The Labute approximate surface area is 199 Å². The van der Waals surface area contributed by atoms with Gasteiger partial charge in [0, 0.05) is 35.0 Å². The van der Waals surface area contributed by atoms with Gasteiger partial charge in [-0.15, -0.1) is 0 Å². The van der Waals surface area contributed by atoms with Crippen molar-refractivity contribution in [1.82, 2.24) is 14.9 Å². The molecule has 0 fully saturated rings. The second-order valence-corrected chi connectivity index (χ2v) is 8.32. The number of nitrogens with zero attached hydrogens (tertiary/aromatic N) is 2. The van der Waals surface area contributed by atoms with Crippen LogP contribution in [0.25, 0.3) is 11.0 Å². The number of hydrogen-bond donors (Lipinski definition) is 1. The number of carbonyl (C=O) groups excluding carboxylic acids is 1. The summed E-state index contributed by atoms with van der Waals surface area (Å²) in [6, 6.07) is 18.8. The number of fused-ring (bicyclic) bond motifs is 1. The van der Waals surface area contributed by atoms with Gasteiger partial charge in [0.25, 0.3) is 5.56 Å². The van der Waals surface area contributed by atoms with Crippen LogP contribution in [0.1, 0.15) is 23.2 Å². The molecular formula is C25H20Cl2FN3O2. The number of nitrogens with one attached hydrogen (secondary N) is 1. The first-order chi connectivity index (χ1) is 15.9. The first kappa shape index (κ1) is 23.0. The first-order valence-corrected chi connectivity index (χ1v) is 11.1. The van der Waals surface area contributed by atoms with Crippen LogP contribution in [0.15, 0.2) is 71.5 Å². The van der Waals surface area contributed by atoms with Crippen molar-refractivity contribution >= 4 is 40.1 Å². The highest BCUT2D eigenvalue weighted by molar-refractivity contribution is 6.31. The molecule has 5 nitrogen and oxygen atoms in total. The molecule has 0 bridgehead atoms. The molecule has 0 aliphatic heterocycles. The van der Waals surface area contributed by atoms with Crippen LogP contribution in [-0.2, 0) is 24.3 Å². The summed E-state index contributed by atoms with van der Waals surface area (Å²) < 4.78 is 15.8. The van der Waals surface area contributed by atoms with E-state index in [2.05, 4.69) is 10.3 Å². The number of hydrogen-bond acceptors (Lipinski definition) is 3. The molecule has 8 heteroatoms. The van der Waals surface area contributed by atoms with Gasteiger partial charge in [0.15, 0.2) is 0 Å². The standard InChI is InChI=1S/C25H20Cl2FN3O2/c26-18-7-2-1-6-16(18)14-29-24(32)13-12-22-25(33)31(23-11-4-3-10-21(23)30-22)15-17-19(27)8-5-9-20(17)28/h1-11H,12-15H2,(H,29,32). The maximum atomic E-state index is 14.4. The molecule has 0 aliphatic rings. The molecule has 33 heavy (non-hydrogen) atoms. The molecule has 168 valence electrons. The van der Waals surface area contributed by atoms with Crippen LogP contribution >= 0.6 is 23.2 Å². The summed E-state index contributed by atoms with van der Waals surface area (Å²) in [4.78, 5) is 30.1. The minimum atomic E-state index is -0.490. The Kier molecular flexibility index (Phi) is 7.06. The topological polar surface area (TPSA) is 64.0 Å². The van der Waals surface area contributed by atoms with E-state index in [-0.39, 0.29) is 47.1 Å². The van der Waals surface area contributed by atoms with Gasteiger partial charge in [-0.3, -0.25) is 9.59 Å². The number of para-hydroxylation sites is 2. The van der Waals surface area contributed by atoms with E-state index in [1.165, 1.54) is 16.7 Å². The van der Waals surface area contributed by atoms with Crippen LogP contribution in [0, 0.1) is 5.82 Å². The van der Waals surface area contributed by atoms with Gasteiger partial charge in [-0.25, -0.2) is 9.37 Å². The Morgan fingerprint density at radius 1 is 0.970 bits per heavy atom. The molecule has 3 aromatic carbocycles. The zero-order valence-electron chi connectivity index (χ0n) is 17.5. The second-order valence-electron chi connectivity index (χ2n) is 7.51. The molecule has 4 rings (SSSR count). The molecule has 0 aliphatic carbocycles. The third-order valence-corrected chi connectivity index (χ3v) is 6.04. The van der Waals surface area contributed by atoms with E-state index in [4.69, 9.17) is 23.2 Å².